The third-order valence-electron chi connectivity index (χ3n) is 6.76. The largest absolute Gasteiger partial charge is 0.388 e. The molecule has 4 saturated heterocycles. The maximum Gasteiger partial charge on any atom is 0.335 e. The summed E-state index contributed by atoms with van der Waals surface area (Å²) in [5.74, 6) is -0.742. The summed E-state index contributed by atoms with van der Waals surface area (Å²) >= 11 is 6.20. The standard InChI is InChI=1S/C18H28ClN7O8P2/c19-18-22-15(21-11-7-24-2-4-25(11)5-3-24)12-16(23-18)26(8-20-12)17-14(28)13(27)10(34-17)1-6-35(29,30)9-36(31,32)33/h8,10-11,13-14,17,27-28H,1-7,9H2,(H,29,30)(H,21,22,23)(H2,31,32,33)/t10-,11?,13?,14+,17-/m1/s1. The number of nitrogens with one attached hydrogen (secondary N) is 1. The van der Waals surface area contributed by atoms with Gasteiger partial charge in [-0.15, -0.1) is 0 Å². The molecular formula is C18H28ClN7O8P2. The van der Waals surface area contributed by atoms with Crippen LogP contribution in [0.25, 0.3) is 11.2 Å². The van der Waals surface area contributed by atoms with Crippen molar-refractivity contribution in [2.24, 2.45) is 0 Å². The van der Waals surface area contributed by atoms with E-state index < -0.39 is 51.6 Å². The van der Waals surface area contributed by atoms with Crippen molar-refractivity contribution in [3.8, 4) is 0 Å². The Kier molecular flexibility index (Phi) is 7.20. The smallest absolute Gasteiger partial charge is 0.335 e. The summed E-state index contributed by atoms with van der Waals surface area (Å²) in [4.78, 5) is 45.5. The van der Waals surface area contributed by atoms with Gasteiger partial charge in [0, 0.05) is 38.9 Å². The van der Waals surface area contributed by atoms with Crippen LogP contribution in [0.2, 0.25) is 5.28 Å². The Morgan fingerprint density at radius 1 is 1.11 bits per heavy atom. The molecule has 18 heteroatoms. The van der Waals surface area contributed by atoms with Gasteiger partial charge in [-0.2, -0.15) is 9.97 Å². The number of aromatic nitrogens is 4. The maximum atomic E-state index is 12.1. The molecular weight excluding hydrogens is 540 g/mol. The van der Waals surface area contributed by atoms with Gasteiger partial charge in [0.2, 0.25) is 12.7 Å². The molecule has 200 valence electrons. The van der Waals surface area contributed by atoms with Gasteiger partial charge >= 0.3 is 7.60 Å². The minimum absolute atomic E-state index is 0.0219. The Morgan fingerprint density at radius 2 is 1.83 bits per heavy atom. The van der Waals surface area contributed by atoms with E-state index in [9.17, 15) is 24.2 Å². The number of aliphatic hydroxyl groups excluding tert-OH is 2. The summed E-state index contributed by atoms with van der Waals surface area (Å²) < 4.78 is 30.5. The molecule has 36 heavy (non-hydrogen) atoms. The Balaban J connectivity index is 1.34. The molecule has 2 aromatic rings. The van der Waals surface area contributed by atoms with Crippen LogP contribution < -0.4 is 5.32 Å². The fourth-order valence-electron chi connectivity index (χ4n) is 4.97. The van der Waals surface area contributed by atoms with Crippen LogP contribution in [0.4, 0.5) is 5.82 Å². The fraction of sp³-hybridized carbons (Fsp3) is 0.722. The van der Waals surface area contributed by atoms with Crippen molar-refractivity contribution in [3.05, 3.63) is 11.6 Å². The van der Waals surface area contributed by atoms with Gasteiger partial charge in [-0.05, 0) is 18.0 Å². The van der Waals surface area contributed by atoms with Gasteiger partial charge in [-0.25, -0.2) is 4.98 Å². The number of ether oxygens (including phenoxy) is 1. The first-order chi connectivity index (χ1) is 16.9. The van der Waals surface area contributed by atoms with Gasteiger partial charge in [0.25, 0.3) is 0 Å². The summed E-state index contributed by atoms with van der Waals surface area (Å²) in [6, 6.07) is 0. The van der Waals surface area contributed by atoms with Crippen LogP contribution in [0.5, 0.6) is 0 Å². The first kappa shape index (κ1) is 26.4. The fourth-order valence-corrected chi connectivity index (χ4v) is 8.67. The zero-order valence-corrected chi connectivity index (χ0v) is 21.6. The topological polar surface area (TPSA) is 207 Å². The second kappa shape index (κ2) is 9.83. The molecule has 0 saturated carbocycles. The summed E-state index contributed by atoms with van der Waals surface area (Å²) in [5.41, 5.74) is 0.660. The molecule has 6 rings (SSSR count). The van der Waals surface area contributed by atoms with Crippen molar-refractivity contribution in [2.45, 2.75) is 37.1 Å². The van der Waals surface area contributed by atoms with Crippen LogP contribution in [0.15, 0.2) is 6.33 Å². The van der Waals surface area contributed by atoms with E-state index in [0.717, 1.165) is 32.7 Å². The van der Waals surface area contributed by atoms with Crippen LogP contribution in [0.1, 0.15) is 12.6 Å². The average molecular weight is 568 g/mol. The van der Waals surface area contributed by atoms with Crippen molar-refractivity contribution < 1.29 is 38.8 Å². The molecule has 6 N–H and O–H groups in total. The highest BCUT2D eigenvalue weighted by Gasteiger charge is 2.45. The van der Waals surface area contributed by atoms with Crippen molar-refractivity contribution in [3.63, 3.8) is 0 Å². The number of hydrogen-bond donors (Lipinski definition) is 6. The molecule has 15 nitrogen and oxygen atoms in total. The van der Waals surface area contributed by atoms with Crippen molar-refractivity contribution in [1.29, 1.82) is 0 Å². The van der Waals surface area contributed by atoms with E-state index in [1.165, 1.54) is 10.9 Å². The predicted octanol–water partition coefficient (Wildman–Crippen LogP) is -0.736. The quantitative estimate of drug-likeness (QED) is 0.172. The number of imidazole rings is 1. The number of hydrogen-bond acceptors (Lipinski definition) is 11. The Morgan fingerprint density at radius 3 is 2.47 bits per heavy atom. The number of anilines is 1. The van der Waals surface area contributed by atoms with E-state index in [1.54, 1.807) is 0 Å². The van der Waals surface area contributed by atoms with E-state index >= 15 is 0 Å². The molecule has 0 spiro atoms. The molecule has 0 radical (unpaired) electrons. The number of aliphatic hydroxyl groups is 2. The Bertz CT molecular complexity index is 1220. The monoisotopic (exact) mass is 567 g/mol. The number of nitrogens with zero attached hydrogens (tertiary/aromatic N) is 6. The minimum atomic E-state index is -4.70. The van der Waals surface area contributed by atoms with Crippen LogP contribution in [-0.4, -0.2) is 123 Å². The summed E-state index contributed by atoms with van der Waals surface area (Å²) in [6.45, 7) is 4.71. The van der Waals surface area contributed by atoms with E-state index in [2.05, 4.69) is 30.1 Å². The van der Waals surface area contributed by atoms with E-state index in [4.69, 9.17) is 26.1 Å². The summed E-state index contributed by atoms with van der Waals surface area (Å²) in [7, 11) is -8.87. The molecule has 4 fully saturated rings. The molecule has 3 unspecified atom stereocenters. The first-order valence-corrected chi connectivity index (χ1v) is 15.6. The van der Waals surface area contributed by atoms with Crippen LogP contribution in [0.3, 0.4) is 0 Å². The second-order valence-electron chi connectivity index (χ2n) is 9.37. The lowest BCUT2D eigenvalue weighted by Gasteiger charge is -2.47. The van der Waals surface area contributed by atoms with Gasteiger partial charge in [0.05, 0.1) is 18.6 Å². The van der Waals surface area contributed by atoms with Gasteiger partial charge in [0.1, 0.15) is 18.1 Å². The normalized spacial score (nSPS) is 34.2. The molecule has 0 aliphatic carbocycles. The SMILES string of the molecule is O=P(O)(O)CP(=O)(O)CC[C@H]1O[C@@H](n2cnc3c(NC4CN5CCN4CC5)nc(Cl)nc32)[C@@H](O)C1O. The lowest BCUT2D eigenvalue weighted by atomic mass is 10.1. The number of halogens is 1. The van der Waals surface area contributed by atoms with Gasteiger partial charge in [-0.1, -0.05) is 0 Å². The lowest BCUT2D eigenvalue weighted by Crippen LogP contribution is -2.63. The van der Waals surface area contributed by atoms with Crippen molar-refractivity contribution in [1.82, 2.24) is 29.3 Å². The third-order valence-corrected chi connectivity index (χ3v) is 11.1. The highest BCUT2D eigenvalue weighted by molar-refractivity contribution is 7.72. The number of rotatable bonds is 8. The molecule has 6 atom stereocenters. The third kappa shape index (κ3) is 5.47. The minimum Gasteiger partial charge on any atom is -0.388 e. The second-order valence-corrected chi connectivity index (χ2v) is 14.3. The van der Waals surface area contributed by atoms with Crippen molar-refractivity contribution >= 4 is 43.5 Å². The summed E-state index contributed by atoms with van der Waals surface area (Å²) in [5, 5.41) is 24.5. The maximum absolute atomic E-state index is 12.1. The van der Waals surface area contributed by atoms with Gasteiger partial charge < -0.3 is 34.9 Å². The lowest BCUT2D eigenvalue weighted by molar-refractivity contribution is -0.0354. The van der Waals surface area contributed by atoms with E-state index in [0.29, 0.717) is 11.3 Å². The van der Waals surface area contributed by atoms with Gasteiger partial charge in [0.15, 0.2) is 23.2 Å². The molecule has 4 aliphatic rings. The van der Waals surface area contributed by atoms with Gasteiger partial charge in [-0.3, -0.25) is 23.5 Å². The molecule has 6 heterocycles. The molecule has 0 amide bonds. The van der Waals surface area contributed by atoms with Crippen LogP contribution >= 0.6 is 26.6 Å². The van der Waals surface area contributed by atoms with E-state index in [1.807, 2.05) is 0 Å². The molecule has 0 aromatic carbocycles. The molecule has 2 aromatic heterocycles. The van der Waals surface area contributed by atoms with E-state index in [-0.39, 0.29) is 23.5 Å². The Hall–Kier alpha value is -1.22. The van der Waals surface area contributed by atoms with Crippen LogP contribution in [0, 0.1) is 0 Å². The van der Waals surface area contributed by atoms with Crippen LogP contribution in [-0.2, 0) is 13.9 Å². The first-order valence-electron chi connectivity index (χ1n) is 11.4. The zero-order valence-electron chi connectivity index (χ0n) is 19.0. The highest BCUT2D eigenvalue weighted by atomic mass is 35.5. The molecule has 4 aliphatic heterocycles. The Labute approximate surface area is 210 Å². The zero-order chi connectivity index (χ0) is 25.8. The molecule has 2 bridgehead atoms. The summed E-state index contributed by atoms with van der Waals surface area (Å²) in [6.07, 6.45) is -4.34. The number of fused-ring (bicyclic) bond motifs is 4. The number of piperazine rings is 3. The predicted molar refractivity (Wildman–Crippen MR) is 128 cm³/mol. The highest BCUT2D eigenvalue weighted by Crippen LogP contribution is 2.55. The average Bonchev–Trinajstić information content (AvgIpc) is 3.33. The van der Waals surface area contributed by atoms with Crippen molar-refractivity contribution in [2.75, 3.05) is 50.1 Å².